The van der Waals surface area contributed by atoms with E-state index in [1.807, 2.05) is 43.3 Å². The Morgan fingerprint density at radius 1 is 0.800 bits per heavy atom. The highest BCUT2D eigenvalue weighted by atomic mass is 32.2. The minimum atomic E-state index is -0.551. The first-order chi connectivity index (χ1) is 19.4. The fraction of sp³-hybridized carbons (Fsp3) is 0.0938. The van der Waals surface area contributed by atoms with Gasteiger partial charge in [-0.05, 0) is 72.7 Å². The van der Waals surface area contributed by atoms with Gasteiger partial charge in [0.05, 0.1) is 5.25 Å². The molecule has 40 heavy (non-hydrogen) atoms. The first kappa shape index (κ1) is 28.3. The van der Waals surface area contributed by atoms with Gasteiger partial charge in [-0.2, -0.15) is 0 Å². The molecule has 3 amide bonds. The summed E-state index contributed by atoms with van der Waals surface area (Å²) in [5, 5.41) is 8.08. The van der Waals surface area contributed by atoms with E-state index >= 15 is 0 Å². The fourth-order valence-electron chi connectivity index (χ4n) is 3.74. The molecule has 0 bridgehead atoms. The van der Waals surface area contributed by atoms with Crippen LogP contribution in [0.2, 0.25) is 0 Å². The minimum Gasteiger partial charge on any atom is -0.325 e. The molecule has 6 nitrogen and oxygen atoms in total. The molecule has 0 spiro atoms. The van der Waals surface area contributed by atoms with Crippen molar-refractivity contribution in [2.45, 2.75) is 23.5 Å². The lowest BCUT2D eigenvalue weighted by molar-refractivity contribution is -0.116. The number of anilines is 2. The number of para-hydroxylation sites is 1. The van der Waals surface area contributed by atoms with E-state index in [2.05, 4.69) is 16.0 Å². The summed E-state index contributed by atoms with van der Waals surface area (Å²) in [6, 6.07) is 30.5. The molecule has 0 saturated heterocycles. The molecule has 8 heteroatoms. The van der Waals surface area contributed by atoms with Crippen LogP contribution in [-0.4, -0.2) is 23.0 Å². The van der Waals surface area contributed by atoms with Gasteiger partial charge in [-0.15, -0.1) is 11.8 Å². The largest absolute Gasteiger partial charge is 0.325 e. The van der Waals surface area contributed by atoms with Crippen LogP contribution in [0.15, 0.2) is 120 Å². The number of benzene rings is 4. The van der Waals surface area contributed by atoms with Crippen LogP contribution < -0.4 is 16.0 Å². The molecule has 4 aromatic rings. The van der Waals surface area contributed by atoms with Crippen LogP contribution in [0.5, 0.6) is 0 Å². The van der Waals surface area contributed by atoms with Gasteiger partial charge < -0.3 is 16.0 Å². The average Bonchev–Trinajstić information content (AvgIpc) is 2.97. The summed E-state index contributed by atoms with van der Waals surface area (Å²) in [5.41, 5.74) is 2.14. The van der Waals surface area contributed by atoms with Gasteiger partial charge in [-0.25, -0.2) is 4.39 Å². The van der Waals surface area contributed by atoms with Crippen molar-refractivity contribution in [3.8, 4) is 0 Å². The maximum Gasteiger partial charge on any atom is 0.272 e. The molecule has 0 radical (unpaired) electrons. The molecule has 202 valence electrons. The minimum absolute atomic E-state index is 0.00723. The van der Waals surface area contributed by atoms with Crippen molar-refractivity contribution in [2.24, 2.45) is 0 Å². The summed E-state index contributed by atoms with van der Waals surface area (Å²) in [6.45, 7) is 1.94. The molecule has 3 N–H and O–H groups in total. The van der Waals surface area contributed by atoms with E-state index < -0.39 is 17.6 Å². The van der Waals surface area contributed by atoms with E-state index in [0.29, 0.717) is 23.2 Å². The second kappa shape index (κ2) is 13.9. The Hall–Kier alpha value is -4.69. The Balaban J connectivity index is 1.50. The van der Waals surface area contributed by atoms with Gasteiger partial charge in [0, 0.05) is 21.8 Å². The highest BCUT2D eigenvalue weighted by Gasteiger charge is 2.19. The van der Waals surface area contributed by atoms with Crippen LogP contribution in [0.25, 0.3) is 6.08 Å². The Bertz CT molecular complexity index is 1490. The molecule has 4 aromatic carbocycles. The molecule has 0 aromatic heterocycles. The zero-order chi connectivity index (χ0) is 28.3. The molecule has 0 aliphatic heterocycles. The van der Waals surface area contributed by atoms with Gasteiger partial charge in [-0.3, -0.25) is 14.4 Å². The van der Waals surface area contributed by atoms with E-state index in [9.17, 15) is 18.8 Å². The first-order valence-electron chi connectivity index (χ1n) is 12.7. The summed E-state index contributed by atoms with van der Waals surface area (Å²) >= 11 is 1.39. The van der Waals surface area contributed by atoms with Crippen LogP contribution in [0.4, 0.5) is 15.8 Å². The second-order valence-corrected chi connectivity index (χ2v) is 10.1. The Kier molecular flexibility index (Phi) is 9.85. The molecular formula is C32H28FN3O3S. The molecule has 4 rings (SSSR count). The lowest BCUT2D eigenvalue weighted by Crippen LogP contribution is -2.30. The Morgan fingerprint density at radius 2 is 1.45 bits per heavy atom. The summed E-state index contributed by atoms with van der Waals surface area (Å²) < 4.78 is 13.4. The number of amides is 3. The predicted molar refractivity (Wildman–Crippen MR) is 158 cm³/mol. The van der Waals surface area contributed by atoms with Crippen molar-refractivity contribution in [3.05, 3.63) is 132 Å². The van der Waals surface area contributed by atoms with Crippen LogP contribution in [0.3, 0.4) is 0 Å². The van der Waals surface area contributed by atoms with Crippen molar-refractivity contribution in [1.29, 1.82) is 0 Å². The molecular weight excluding hydrogens is 525 g/mol. The van der Waals surface area contributed by atoms with E-state index in [-0.39, 0.29) is 16.9 Å². The summed E-state index contributed by atoms with van der Waals surface area (Å²) in [4.78, 5) is 39.8. The monoisotopic (exact) mass is 553 g/mol. The number of hydrogen-bond donors (Lipinski definition) is 3. The number of carbonyl (C=O) groups is 3. The maximum atomic E-state index is 13.4. The first-order valence-corrected chi connectivity index (χ1v) is 13.6. The number of thioether (sulfide) groups is 1. The molecule has 0 aliphatic carbocycles. The molecule has 0 heterocycles. The second-order valence-electron chi connectivity index (χ2n) is 8.78. The quantitative estimate of drug-likeness (QED) is 0.150. The summed E-state index contributed by atoms with van der Waals surface area (Å²) in [5.74, 6) is -1.52. The number of nitrogens with one attached hydrogen (secondary N) is 3. The van der Waals surface area contributed by atoms with E-state index in [4.69, 9.17) is 0 Å². The van der Waals surface area contributed by atoms with Gasteiger partial charge in [0.2, 0.25) is 5.91 Å². The average molecular weight is 554 g/mol. The number of hydrogen-bond acceptors (Lipinski definition) is 4. The standard InChI is InChI=1S/C32H28FN3O3S/c1-2-29(32(39)34-25-12-7-4-8-13-25)40-27-15-9-14-26(21-27)35-31(38)28(20-22-16-18-24(33)19-17-22)36-30(37)23-10-5-3-6-11-23/h3-21,29H,2H2,1H3,(H,34,39)(H,35,38)(H,36,37)/b28-20-. The van der Waals surface area contributed by atoms with Crippen LogP contribution in [0.1, 0.15) is 29.3 Å². The highest BCUT2D eigenvalue weighted by Crippen LogP contribution is 2.29. The van der Waals surface area contributed by atoms with Crippen LogP contribution in [0, 0.1) is 5.82 Å². The zero-order valence-electron chi connectivity index (χ0n) is 21.8. The third-order valence-electron chi connectivity index (χ3n) is 5.78. The fourth-order valence-corrected chi connectivity index (χ4v) is 4.76. The van der Waals surface area contributed by atoms with E-state index in [0.717, 1.165) is 10.6 Å². The Morgan fingerprint density at radius 3 is 2.12 bits per heavy atom. The van der Waals surface area contributed by atoms with Crippen molar-refractivity contribution < 1.29 is 18.8 Å². The molecule has 0 aliphatic rings. The molecule has 0 saturated carbocycles. The summed E-state index contributed by atoms with van der Waals surface area (Å²) in [6.07, 6.45) is 2.09. The molecule has 1 unspecified atom stereocenters. The maximum absolute atomic E-state index is 13.4. The smallest absolute Gasteiger partial charge is 0.272 e. The van der Waals surface area contributed by atoms with E-state index in [1.165, 1.54) is 42.1 Å². The van der Waals surface area contributed by atoms with Gasteiger partial charge in [0.1, 0.15) is 11.5 Å². The summed E-state index contributed by atoms with van der Waals surface area (Å²) in [7, 11) is 0. The highest BCUT2D eigenvalue weighted by molar-refractivity contribution is 8.00. The lowest BCUT2D eigenvalue weighted by Gasteiger charge is -2.16. The SMILES string of the molecule is CCC(Sc1cccc(NC(=O)/C(=C/c2ccc(F)cc2)NC(=O)c2ccccc2)c1)C(=O)Nc1ccccc1. The van der Waals surface area contributed by atoms with Crippen molar-refractivity contribution in [3.63, 3.8) is 0 Å². The topological polar surface area (TPSA) is 87.3 Å². The van der Waals surface area contributed by atoms with Gasteiger partial charge >= 0.3 is 0 Å². The number of halogens is 1. The van der Waals surface area contributed by atoms with Gasteiger partial charge in [0.25, 0.3) is 11.8 Å². The molecule has 1 atom stereocenters. The van der Waals surface area contributed by atoms with Crippen LogP contribution in [-0.2, 0) is 9.59 Å². The van der Waals surface area contributed by atoms with Crippen molar-refractivity contribution in [1.82, 2.24) is 5.32 Å². The normalized spacial score (nSPS) is 11.8. The number of rotatable bonds is 10. The van der Waals surface area contributed by atoms with Gasteiger partial charge in [-0.1, -0.05) is 61.5 Å². The number of carbonyl (C=O) groups excluding carboxylic acids is 3. The van der Waals surface area contributed by atoms with Crippen LogP contribution >= 0.6 is 11.8 Å². The van der Waals surface area contributed by atoms with Gasteiger partial charge in [0.15, 0.2) is 0 Å². The van der Waals surface area contributed by atoms with E-state index in [1.54, 1.807) is 48.5 Å². The lowest BCUT2D eigenvalue weighted by atomic mass is 10.1. The van der Waals surface area contributed by atoms with Crippen molar-refractivity contribution >= 4 is 46.9 Å². The zero-order valence-corrected chi connectivity index (χ0v) is 22.6. The van der Waals surface area contributed by atoms with Crippen molar-refractivity contribution in [2.75, 3.05) is 10.6 Å². The molecule has 0 fully saturated rings. The third kappa shape index (κ3) is 8.15. The predicted octanol–water partition coefficient (Wildman–Crippen LogP) is 6.74. The Labute approximate surface area is 236 Å². The third-order valence-corrected chi connectivity index (χ3v) is 7.14.